The lowest BCUT2D eigenvalue weighted by Gasteiger charge is -1.97. The van der Waals surface area contributed by atoms with E-state index in [4.69, 9.17) is 10.9 Å². The number of esters is 1. The van der Waals surface area contributed by atoms with Gasteiger partial charge in [-0.25, -0.2) is 4.79 Å². The van der Waals surface area contributed by atoms with Gasteiger partial charge in [0.25, 0.3) is 0 Å². The van der Waals surface area contributed by atoms with E-state index < -0.39 is 5.97 Å². The smallest absolute Gasteiger partial charge is 0.354 e. The lowest BCUT2D eigenvalue weighted by Crippen LogP contribution is -2.15. The molecule has 0 saturated heterocycles. The van der Waals surface area contributed by atoms with Crippen LogP contribution in [0.5, 0.6) is 0 Å². The van der Waals surface area contributed by atoms with E-state index in [9.17, 15) is 4.79 Å². The van der Waals surface area contributed by atoms with E-state index >= 15 is 0 Å². The third-order valence-corrected chi connectivity index (χ3v) is 1.96. The van der Waals surface area contributed by atoms with Crippen molar-refractivity contribution in [3.8, 4) is 0 Å². The van der Waals surface area contributed by atoms with E-state index in [1.807, 2.05) is 0 Å². The Morgan fingerprint density at radius 3 is 2.93 bits per heavy atom. The first-order chi connectivity index (χ1) is 7.08. The Morgan fingerprint density at radius 1 is 1.73 bits per heavy atom. The molecule has 15 heavy (non-hydrogen) atoms. The lowest BCUT2D eigenvalue weighted by molar-refractivity contribution is 0.0594. The highest BCUT2D eigenvalue weighted by molar-refractivity contribution is 5.89. The normalized spacial score (nSPS) is 11.5. The number of nitrogens with zero attached hydrogens (tertiary/aromatic N) is 1. The number of aromatic amines is 1. The fraction of sp³-hybridized carbons (Fsp3) is 0.333. The van der Waals surface area contributed by atoms with Gasteiger partial charge in [0.15, 0.2) is 0 Å². The molecule has 0 spiro atoms. The summed E-state index contributed by atoms with van der Waals surface area (Å²) in [5, 5.41) is 11.2. The summed E-state index contributed by atoms with van der Waals surface area (Å²) in [5.41, 5.74) is 7.19. The van der Waals surface area contributed by atoms with Crippen molar-refractivity contribution in [3.05, 3.63) is 23.0 Å². The third kappa shape index (κ3) is 2.49. The maximum absolute atomic E-state index is 11.2. The number of rotatable bonds is 3. The molecular weight excluding hydrogens is 198 g/mol. The third-order valence-electron chi connectivity index (χ3n) is 1.96. The fourth-order valence-electron chi connectivity index (χ4n) is 1.27. The van der Waals surface area contributed by atoms with Crippen LogP contribution in [0.1, 0.15) is 21.7 Å². The largest absolute Gasteiger partial charge is 0.464 e. The molecule has 0 aromatic carbocycles. The van der Waals surface area contributed by atoms with Crippen molar-refractivity contribution in [3.63, 3.8) is 0 Å². The molecule has 6 nitrogen and oxygen atoms in total. The molecule has 4 N–H and O–H groups in total. The van der Waals surface area contributed by atoms with Crippen LogP contribution in [0.15, 0.2) is 11.2 Å². The van der Waals surface area contributed by atoms with E-state index in [2.05, 4.69) is 14.9 Å². The van der Waals surface area contributed by atoms with Gasteiger partial charge in [-0.05, 0) is 18.6 Å². The van der Waals surface area contributed by atoms with Gasteiger partial charge in [0.2, 0.25) is 0 Å². The lowest BCUT2D eigenvalue weighted by atomic mass is 10.2. The predicted octanol–water partition coefficient (Wildman–Crippen LogP) is 0.399. The molecule has 0 unspecified atom stereocenters. The molecule has 0 fully saturated rings. The first-order valence-corrected chi connectivity index (χ1v) is 4.31. The summed E-state index contributed by atoms with van der Waals surface area (Å²) < 4.78 is 4.58. The van der Waals surface area contributed by atoms with E-state index in [-0.39, 0.29) is 12.3 Å². The quantitative estimate of drug-likeness (QED) is 0.221. The number of aromatic nitrogens is 1. The number of methoxy groups -OCH3 is 1. The van der Waals surface area contributed by atoms with Gasteiger partial charge in [0.1, 0.15) is 11.5 Å². The Labute approximate surface area is 86.7 Å². The van der Waals surface area contributed by atoms with Crippen LogP contribution in [-0.2, 0) is 11.2 Å². The summed E-state index contributed by atoms with van der Waals surface area (Å²) in [4.78, 5) is 14.1. The molecule has 0 radical (unpaired) electrons. The molecule has 0 atom stereocenters. The van der Waals surface area contributed by atoms with Gasteiger partial charge in [0, 0.05) is 12.1 Å². The minimum absolute atomic E-state index is 0.0765. The van der Waals surface area contributed by atoms with Gasteiger partial charge >= 0.3 is 5.97 Å². The van der Waals surface area contributed by atoms with Crippen LogP contribution in [0, 0.1) is 6.92 Å². The van der Waals surface area contributed by atoms with Gasteiger partial charge < -0.3 is 20.7 Å². The Bertz CT molecular complexity index is 395. The topological polar surface area (TPSA) is 101 Å². The molecule has 0 saturated carbocycles. The molecule has 0 aliphatic heterocycles. The summed E-state index contributed by atoms with van der Waals surface area (Å²) in [6.07, 6.45) is 0.258. The van der Waals surface area contributed by atoms with Gasteiger partial charge in [-0.1, -0.05) is 5.16 Å². The van der Waals surface area contributed by atoms with Crippen LogP contribution in [0.4, 0.5) is 0 Å². The zero-order chi connectivity index (χ0) is 11.4. The molecule has 1 rings (SSSR count). The number of carbonyl (C=O) groups is 1. The Balaban J connectivity index is 2.91. The van der Waals surface area contributed by atoms with Crippen molar-refractivity contribution in [1.29, 1.82) is 0 Å². The molecule has 1 heterocycles. The molecule has 0 bridgehead atoms. The number of amidine groups is 1. The first kappa shape index (κ1) is 11.1. The number of nitrogens with two attached hydrogens (primary N) is 1. The van der Waals surface area contributed by atoms with Crippen molar-refractivity contribution in [2.45, 2.75) is 13.3 Å². The van der Waals surface area contributed by atoms with Crippen molar-refractivity contribution in [2.24, 2.45) is 10.9 Å². The number of hydrogen-bond acceptors (Lipinski definition) is 4. The average Bonchev–Trinajstić information content (AvgIpc) is 2.58. The number of hydrogen-bond donors (Lipinski definition) is 3. The monoisotopic (exact) mass is 211 g/mol. The molecule has 0 aliphatic rings. The highest BCUT2D eigenvalue weighted by Crippen LogP contribution is 2.11. The number of carbonyl (C=O) groups excluding carboxylic acids is 1. The van der Waals surface area contributed by atoms with Crippen LogP contribution in [0.2, 0.25) is 0 Å². The maximum Gasteiger partial charge on any atom is 0.354 e. The molecule has 0 amide bonds. The molecule has 82 valence electrons. The number of ether oxygens (including phenoxy) is 1. The van der Waals surface area contributed by atoms with Crippen molar-refractivity contribution >= 4 is 11.8 Å². The number of oxime groups is 1. The van der Waals surface area contributed by atoms with E-state index in [1.54, 1.807) is 13.0 Å². The Kier molecular flexibility index (Phi) is 3.33. The summed E-state index contributed by atoms with van der Waals surface area (Å²) >= 11 is 0. The van der Waals surface area contributed by atoms with E-state index in [1.165, 1.54) is 7.11 Å². The van der Waals surface area contributed by atoms with Crippen LogP contribution < -0.4 is 5.73 Å². The average molecular weight is 211 g/mol. The summed E-state index contributed by atoms with van der Waals surface area (Å²) in [5.74, 6) is -0.356. The van der Waals surface area contributed by atoms with Crippen molar-refractivity contribution in [2.75, 3.05) is 7.11 Å². The zero-order valence-electron chi connectivity index (χ0n) is 8.57. The van der Waals surface area contributed by atoms with Gasteiger partial charge in [0.05, 0.1) is 7.11 Å². The minimum atomic E-state index is -0.432. The SMILES string of the molecule is COC(=O)c1[nH]c(C/C(N)=N/O)cc1C. The molecule has 0 aliphatic carbocycles. The summed E-state index contributed by atoms with van der Waals surface area (Å²) in [7, 11) is 1.31. The van der Waals surface area contributed by atoms with Gasteiger partial charge in [-0.3, -0.25) is 0 Å². The molecule has 6 heteroatoms. The minimum Gasteiger partial charge on any atom is -0.464 e. The number of H-pyrrole nitrogens is 1. The zero-order valence-corrected chi connectivity index (χ0v) is 8.57. The Hall–Kier alpha value is -1.98. The standard InChI is InChI=1S/C9H13N3O3/c1-5-3-6(4-7(10)12-14)11-8(5)9(13)15-2/h3,11,14H,4H2,1-2H3,(H2,10,12). The molecule has 1 aromatic rings. The predicted molar refractivity (Wildman–Crippen MR) is 54.0 cm³/mol. The van der Waals surface area contributed by atoms with E-state index in [0.717, 1.165) is 5.56 Å². The highest BCUT2D eigenvalue weighted by atomic mass is 16.5. The van der Waals surface area contributed by atoms with E-state index in [0.29, 0.717) is 11.4 Å². The Morgan fingerprint density at radius 2 is 2.40 bits per heavy atom. The molecular formula is C9H13N3O3. The van der Waals surface area contributed by atoms with Crippen LogP contribution in [-0.4, -0.2) is 29.1 Å². The van der Waals surface area contributed by atoms with Gasteiger partial charge in [-0.15, -0.1) is 0 Å². The summed E-state index contributed by atoms with van der Waals surface area (Å²) in [6.45, 7) is 1.78. The van der Waals surface area contributed by atoms with Crippen molar-refractivity contribution < 1.29 is 14.7 Å². The van der Waals surface area contributed by atoms with Crippen LogP contribution >= 0.6 is 0 Å². The number of aryl methyl sites for hydroxylation is 1. The highest BCUT2D eigenvalue weighted by Gasteiger charge is 2.13. The number of nitrogens with one attached hydrogen (secondary N) is 1. The van der Waals surface area contributed by atoms with Crippen LogP contribution in [0.25, 0.3) is 0 Å². The second-order valence-corrected chi connectivity index (χ2v) is 3.11. The summed E-state index contributed by atoms with van der Waals surface area (Å²) in [6, 6.07) is 1.75. The fourth-order valence-corrected chi connectivity index (χ4v) is 1.27. The van der Waals surface area contributed by atoms with Crippen molar-refractivity contribution in [1.82, 2.24) is 4.98 Å². The second-order valence-electron chi connectivity index (χ2n) is 3.11. The molecule has 1 aromatic heterocycles. The second kappa shape index (κ2) is 4.50. The maximum atomic E-state index is 11.2. The first-order valence-electron chi connectivity index (χ1n) is 4.31. The van der Waals surface area contributed by atoms with Gasteiger partial charge in [-0.2, -0.15) is 0 Å². The van der Waals surface area contributed by atoms with Crippen LogP contribution in [0.3, 0.4) is 0 Å².